The van der Waals surface area contributed by atoms with Crippen LogP contribution in [0, 0.1) is 0 Å². The maximum absolute atomic E-state index is 12.9. The molecule has 1 amide bonds. The molecule has 1 aliphatic rings. The predicted octanol–water partition coefficient (Wildman–Crippen LogP) is 3.04. The van der Waals surface area contributed by atoms with Crippen LogP contribution < -0.4 is 10.2 Å². The van der Waals surface area contributed by atoms with Gasteiger partial charge in [0.25, 0.3) is 5.91 Å². The lowest BCUT2D eigenvalue weighted by molar-refractivity contribution is -0.124. The van der Waals surface area contributed by atoms with E-state index in [1.807, 2.05) is 25.1 Å². The summed E-state index contributed by atoms with van der Waals surface area (Å²) in [5, 5.41) is 4.42. The summed E-state index contributed by atoms with van der Waals surface area (Å²) in [4.78, 5) is 12.7. The van der Waals surface area contributed by atoms with E-state index in [4.69, 9.17) is 16.3 Å². The topological polar surface area (TPSA) is 88.1 Å². The number of amides is 1. The average molecular weight is 436 g/mol. The Bertz CT molecular complexity index is 993. The first-order chi connectivity index (χ1) is 13.9. The summed E-state index contributed by atoms with van der Waals surface area (Å²) in [6, 6.07) is 12.4. The highest BCUT2D eigenvalue weighted by molar-refractivity contribution is 7.89. The van der Waals surface area contributed by atoms with E-state index in [1.54, 1.807) is 6.07 Å². The van der Waals surface area contributed by atoms with Crippen molar-refractivity contribution in [3.8, 4) is 5.75 Å². The molecule has 1 heterocycles. The maximum atomic E-state index is 12.9. The molecule has 29 heavy (non-hydrogen) atoms. The van der Waals surface area contributed by atoms with E-state index in [0.717, 1.165) is 5.56 Å². The third-order valence-electron chi connectivity index (χ3n) is 4.48. The van der Waals surface area contributed by atoms with Gasteiger partial charge in [0, 0.05) is 11.6 Å². The molecule has 2 aromatic rings. The van der Waals surface area contributed by atoms with Crippen molar-refractivity contribution in [3.63, 3.8) is 0 Å². The van der Waals surface area contributed by atoms with Crippen LogP contribution in [0.15, 0.2) is 58.5 Å². The number of rotatable bonds is 7. The van der Waals surface area contributed by atoms with Crippen LogP contribution in [-0.4, -0.2) is 44.0 Å². The second kappa shape index (κ2) is 9.39. The van der Waals surface area contributed by atoms with Crippen LogP contribution >= 0.6 is 11.6 Å². The molecule has 2 aromatic carbocycles. The van der Waals surface area contributed by atoms with Gasteiger partial charge in [0.1, 0.15) is 11.8 Å². The molecule has 3 rings (SSSR count). The van der Waals surface area contributed by atoms with Crippen molar-refractivity contribution in [2.75, 3.05) is 13.2 Å². The van der Waals surface area contributed by atoms with Crippen LogP contribution in [0.3, 0.4) is 0 Å². The number of hydrogen-bond donors (Lipinski definition) is 1. The minimum absolute atomic E-state index is 0.109. The number of ether oxygens (including phenoxy) is 1. The lowest BCUT2D eigenvalue weighted by atomic mass is 10.2. The molecule has 1 N–H and O–H groups in total. The standard InChI is InChI=1S/C20H22ClN3O4S/c1-2-28-17-6-3-5-15(13-17)14-22-23-20(25)19-7-4-12-24(19)29(26,27)18-10-8-16(21)9-11-18/h3,5-6,8-11,13-14,19H,2,4,7,12H2,1H3,(H,23,25)/b22-14-/t19-/m0/s1. The SMILES string of the molecule is CCOc1cccc(/C=N\NC(=O)[C@@H]2CCCN2S(=O)(=O)c2ccc(Cl)cc2)c1. The minimum Gasteiger partial charge on any atom is -0.494 e. The molecule has 1 saturated heterocycles. The third-order valence-corrected chi connectivity index (χ3v) is 6.66. The molecule has 0 bridgehead atoms. The van der Waals surface area contributed by atoms with Crippen molar-refractivity contribution in [2.45, 2.75) is 30.7 Å². The number of halogens is 1. The number of carbonyl (C=O) groups is 1. The van der Waals surface area contributed by atoms with Crippen LogP contribution in [0.2, 0.25) is 5.02 Å². The second-order valence-electron chi connectivity index (χ2n) is 6.47. The summed E-state index contributed by atoms with van der Waals surface area (Å²) >= 11 is 5.84. The first-order valence-electron chi connectivity index (χ1n) is 9.25. The Morgan fingerprint density at radius 1 is 1.31 bits per heavy atom. The first-order valence-corrected chi connectivity index (χ1v) is 11.1. The molecule has 1 atom stereocenters. The smallest absolute Gasteiger partial charge is 0.258 e. The van der Waals surface area contributed by atoms with E-state index >= 15 is 0 Å². The zero-order valence-corrected chi connectivity index (χ0v) is 17.5. The highest BCUT2D eigenvalue weighted by atomic mass is 35.5. The van der Waals surface area contributed by atoms with Crippen LogP contribution in [0.4, 0.5) is 0 Å². The van der Waals surface area contributed by atoms with Crippen LogP contribution in [0.25, 0.3) is 0 Å². The van der Waals surface area contributed by atoms with Gasteiger partial charge in [0.05, 0.1) is 17.7 Å². The van der Waals surface area contributed by atoms with E-state index in [2.05, 4.69) is 10.5 Å². The molecular formula is C20H22ClN3O4S. The highest BCUT2D eigenvalue weighted by Crippen LogP contribution is 2.27. The number of nitrogens with zero attached hydrogens (tertiary/aromatic N) is 2. The second-order valence-corrected chi connectivity index (χ2v) is 8.79. The highest BCUT2D eigenvalue weighted by Gasteiger charge is 2.39. The fourth-order valence-corrected chi connectivity index (χ4v) is 4.91. The Morgan fingerprint density at radius 3 is 2.79 bits per heavy atom. The van der Waals surface area contributed by atoms with Crippen molar-refractivity contribution < 1.29 is 17.9 Å². The van der Waals surface area contributed by atoms with E-state index in [9.17, 15) is 13.2 Å². The van der Waals surface area contributed by atoms with E-state index in [0.29, 0.717) is 30.2 Å². The van der Waals surface area contributed by atoms with Gasteiger partial charge < -0.3 is 4.74 Å². The maximum Gasteiger partial charge on any atom is 0.258 e. The summed E-state index contributed by atoms with van der Waals surface area (Å²) in [5.74, 6) is 0.246. The number of benzene rings is 2. The minimum atomic E-state index is -3.79. The molecule has 0 aromatic heterocycles. The van der Waals surface area contributed by atoms with Crippen molar-refractivity contribution in [1.82, 2.24) is 9.73 Å². The number of hydrogen-bond acceptors (Lipinski definition) is 5. The fraction of sp³-hybridized carbons (Fsp3) is 0.300. The number of hydrazone groups is 1. The summed E-state index contributed by atoms with van der Waals surface area (Å²) in [7, 11) is -3.79. The van der Waals surface area contributed by atoms with Gasteiger partial charge in [-0.15, -0.1) is 0 Å². The summed E-state index contributed by atoms with van der Waals surface area (Å²) < 4.78 is 32.5. The predicted molar refractivity (Wildman–Crippen MR) is 112 cm³/mol. The molecule has 0 aliphatic carbocycles. The van der Waals surface area contributed by atoms with Gasteiger partial charge in [-0.2, -0.15) is 9.41 Å². The van der Waals surface area contributed by atoms with Crippen molar-refractivity contribution in [3.05, 3.63) is 59.1 Å². The van der Waals surface area contributed by atoms with Gasteiger partial charge in [0.2, 0.25) is 10.0 Å². The molecule has 0 radical (unpaired) electrons. The molecule has 0 saturated carbocycles. The third kappa shape index (κ3) is 5.14. The molecule has 1 aliphatic heterocycles. The average Bonchev–Trinajstić information content (AvgIpc) is 3.20. The Morgan fingerprint density at radius 2 is 2.07 bits per heavy atom. The Kier molecular flexibility index (Phi) is 6.89. The normalized spacial score (nSPS) is 17.5. The van der Waals surface area contributed by atoms with E-state index in [1.165, 1.54) is 34.8 Å². The van der Waals surface area contributed by atoms with Gasteiger partial charge in [0.15, 0.2) is 0 Å². The first kappa shape index (κ1) is 21.3. The van der Waals surface area contributed by atoms with Crippen molar-refractivity contribution in [1.29, 1.82) is 0 Å². The van der Waals surface area contributed by atoms with Crippen LogP contribution in [0.1, 0.15) is 25.3 Å². The number of sulfonamides is 1. The Hall–Kier alpha value is -2.42. The Balaban J connectivity index is 1.68. The number of carbonyl (C=O) groups excluding carboxylic acids is 1. The molecule has 0 spiro atoms. The van der Waals surface area contributed by atoms with Crippen molar-refractivity contribution >= 4 is 33.7 Å². The lowest BCUT2D eigenvalue weighted by Crippen LogP contribution is -2.44. The lowest BCUT2D eigenvalue weighted by Gasteiger charge is -2.22. The zero-order valence-electron chi connectivity index (χ0n) is 15.9. The number of nitrogens with one attached hydrogen (secondary N) is 1. The fourth-order valence-electron chi connectivity index (χ4n) is 3.13. The quantitative estimate of drug-likeness (QED) is 0.534. The van der Waals surface area contributed by atoms with E-state index < -0.39 is 22.0 Å². The van der Waals surface area contributed by atoms with Crippen molar-refractivity contribution in [2.24, 2.45) is 5.10 Å². The zero-order chi connectivity index (χ0) is 20.9. The molecule has 154 valence electrons. The molecule has 0 unspecified atom stereocenters. The van der Waals surface area contributed by atoms with Gasteiger partial charge in [-0.3, -0.25) is 4.79 Å². The van der Waals surface area contributed by atoms with Gasteiger partial charge in [-0.1, -0.05) is 23.7 Å². The van der Waals surface area contributed by atoms with Gasteiger partial charge in [-0.25, -0.2) is 13.8 Å². The van der Waals surface area contributed by atoms with Crippen LogP contribution in [-0.2, 0) is 14.8 Å². The molecule has 1 fully saturated rings. The Labute approximate surface area is 175 Å². The van der Waals surface area contributed by atoms with Crippen LogP contribution in [0.5, 0.6) is 5.75 Å². The molecule has 7 nitrogen and oxygen atoms in total. The van der Waals surface area contributed by atoms with Gasteiger partial charge >= 0.3 is 0 Å². The molecule has 9 heteroatoms. The monoisotopic (exact) mass is 435 g/mol. The van der Waals surface area contributed by atoms with Gasteiger partial charge in [-0.05, 0) is 61.7 Å². The summed E-state index contributed by atoms with van der Waals surface area (Å²) in [5.41, 5.74) is 3.21. The van der Waals surface area contributed by atoms with E-state index in [-0.39, 0.29) is 11.4 Å². The largest absolute Gasteiger partial charge is 0.494 e. The summed E-state index contributed by atoms with van der Waals surface area (Å²) in [6.45, 7) is 2.73. The molecular weight excluding hydrogens is 414 g/mol. The summed E-state index contributed by atoms with van der Waals surface area (Å²) in [6.07, 6.45) is 2.53.